The fourth-order valence-corrected chi connectivity index (χ4v) is 6.93. The standard InChI is InChI=1S/C47H90O6/c1-6-7-8-9-20-27-32-37-45(48)51-40-44(53-47(50)39-34-29-24-19-18-22-26-31-36-43(4)5)41-52-46(49)38-33-28-23-17-15-13-11-10-12-14-16-21-25-30-35-42(2)3/h42-44H,6-41H2,1-5H3/t44-/m0/s1. The number of esters is 3. The molecule has 0 aromatic rings. The van der Waals surface area contributed by atoms with Crippen LogP contribution >= 0.6 is 0 Å². The number of hydrogen-bond donors (Lipinski definition) is 0. The van der Waals surface area contributed by atoms with E-state index in [1.165, 1.54) is 141 Å². The highest BCUT2D eigenvalue weighted by atomic mass is 16.6. The summed E-state index contributed by atoms with van der Waals surface area (Å²) in [5.74, 6) is 0.774. The summed E-state index contributed by atoms with van der Waals surface area (Å²) in [7, 11) is 0. The molecule has 314 valence electrons. The van der Waals surface area contributed by atoms with Gasteiger partial charge in [-0.3, -0.25) is 14.4 Å². The van der Waals surface area contributed by atoms with Crippen molar-refractivity contribution < 1.29 is 28.6 Å². The van der Waals surface area contributed by atoms with E-state index in [9.17, 15) is 14.4 Å². The maximum Gasteiger partial charge on any atom is 0.306 e. The quantitative estimate of drug-likeness (QED) is 0.0352. The van der Waals surface area contributed by atoms with Gasteiger partial charge in [-0.2, -0.15) is 0 Å². The molecule has 1 atom stereocenters. The van der Waals surface area contributed by atoms with Gasteiger partial charge in [-0.15, -0.1) is 0 Å². The average molecular weight is 751 g/mol. The first-order valence-electron chi connectivity index (χ1n) is 23.2. The van der Waals surface area contributed by atoms with Gasteiger partial charge in [-0.25, -0.2) is 0 Å². The zero-order chi connectivity index (χ0) is 39.0. The molecule has 0 amide bonds. The van der Waals surface area contributed by atoms with E-state index in [1.54, 1.807) is 0 Å². The number of carbonyl (C=O) groups is 3. The van der Waals surface area contributed by atoms with Gasteiger partial charge in [0.05, 0.1) is 0 Å². The van der Waals surface area contributed by atoms with Crippen LogP contribution in [0.25, 0.3) is 0 Å². The second kappa shape index (κ2) is 40.1. The van der Waals surface area contributed by atoms with Crippen molar-refractivity contribution in [3.8, 4) is 0 Å². The van der Waals surface area contributed by atoms with Crippen LogP contribution in [0.1, 0.15) is 253 Å². The zero-order valence-electron chi connectivity index (χ0n) is 36.1. The largest absolute Gasteiger partial charge is 0.462 e. The molecule has 0 saturated carbocycles. The van der Waals surface area contributed by atoms with Gasteiger partial charge in [0.2, 0.25) is 0 Å². The van der Waals surface area contributed by atoms with E-state index in [2.05, 4.69) is 34.6 Å². The van der Waals surface area contributed by atoms with E-state index in [0.29, 0.717) is 19.3 Å². The highest BCUT2D eigenvalue weighted by Gasteiger charge is 2.19. The molecule has 6 heteroatoms. The molecule has 0 aliphatic carbocycles. The van der Waals surface area contributed by atoms with Gasteiger partial charge < -0.3 is 14.2 Å². The van der Waals surface area contributed by atoms with Gasteiger partial charge in [0, 0.05) is 19.3 Å². The van der Waals surface area contributed by atoms with Crippen molar-refractivity contribution in [1.82, 2.24) is 0 Å². The Kier molecular flexibility index (Phi) is 38.9. The third-order valence-electron chi connectivity index (χ3n) is 10.5. The molecule has 6 nitrogen and oxygen atoms in total. The third-order valence-corrected chi connectivity index (χ3v) is 10.5. The Morgan fingerprint density at radius 1 is 0.358 bits per heavy atom. The van der Waals surface area contributed by atoms with E-state index in [4.69, 9.17) is 14.2 Å². The molecular formula is C47H90O6. The highest BCUT2D eigenvalue weighted by molar-refractivity contribution is 5.71. The lowest BCUT2D eigenvalue weighted by Gasteiger charge is -2.18. The van der Waals surface area contributed by atoms with Crippen LogP contribution < -0.4 is 0 Å². The lowest BCUT2D eigenvalue weighted by Crippen LogP contribution is -2.30. The average Bonchev–Trinajstić information content (AvgIpc) is 3.12. The molecule has 0 heterocycles. The SMILES string of the molecule is CCCCCCCCCC(=O)OC[C@@H](COC(=O)CCCCCCCCCCCCCCCCC(C)C)OC(=O)CCCCCCCCCCC(C)C. The maximum absolute atomic E-state index is 12.7. The highest BCUT2D eigenvalue weighted by Crippen LogP contribution is 2.17. The van der Waals surface area contributed by atoms with Crippen LogP contribution in [0.5, 0.6) is 0 Å². The summed E-state index contributed by atoms with van der Waals surface area (Å²) in [6, 6.07) is 0. The van der Waals surface area contributed by atoms with Gasteiger partial charge in [-0.1, -0.05) is 214 Å². The van der Waals surface area contributed by atoms with Gasteiger partial charge >= 0.3 is 17.9 Å². The van der Waals surface area contributed by atoms with E-state index in [0.717, 1.165) is 69.6 Å². The number of unbranched alkanes of at least 4 members (excludes halogenated alkanes) is 26. The molecule has 0 aliphatic rings. The van der Waals surface area contributed by atoms with Crippen molar-refractivity contribution in [2.75, 3.05) is 13.2 Å². The summed E-state index contributed by atoms with van der Waals surface area (Å²) >= 11 is 0. The molecule has 0 bridgehead atoms. The Labute approximate surface area is 329 Å². The maximum atomic E-state index is 12.7. The molecular weight excluding hydrogens is 661 g/mol. The van der Waals surface area contributed by atoms with Gasteiger partial charge in [0.15, 0.2) is 6.10 Å². The Morgan fingerprint density at radius 3 is 0.925 bits per heavy atom. The van der Waals surface area contributed by atoms with Gasteiger partial charge in [0.25, 0.3) is 0 Å². The van der Waals surface area contributed by atoms with Crippen LogP contribution in [0.2, 0.25) is 0 Å². The first kappa shape index (κ1) is 51.4. The lowest BCUT2D eigenvalue weighted by atomic mass is 10.0. The van der Waals surface area contributed by atoms with Crippen LogP contribution in [-0.2, 0) is 28.6 Å². The first-order chi connectivity index (χ1) is 25.7. The summed E-state index contributed by atoms with van der Waals surface area (Å²) in [6.45, 7) is 11.3. The molecule has 0 N–H and O–H groups in total. The van der Waals surface area contributed by atoms with Crippen molar-refractivity contribution >= 4 is 17.9 Å². The Morgan fingerprint density at radius 2 is 0.623 bits per heavy atom. The molecule has 0 rings (SSSR count). The van der Waals surface area contributed by atoms with Crippen molar-refractivity contribution in [3.63, 3.8) is 0 Å². The predicted octanol–water partition coefficient (Wildman–Crippen LogP) is 14.6. The van der Waals surface area contributed by atoms with Crippen LogP contribution in [0.15, 0.2) is 0 Å². The molecule has 0 aliphatic heterocycles. The van der Waals surface area contributed by atoms with Gasteiger partial charge in [0.1, 0.15) is 13.2 Å². The number of ether oxygens (including phenoxy) is 3. The Bertz CT molecular complexity index is 809. The molecule has 0 aromatic carbocycles. The number of carbonyl (C=O) groups excluding carboxylic acids is 3. The van der Waals surface area contributed by atoms with Crippen molar-refractivity contribution in [2.45, 2.75) is 259 Å². The third kappa shape index (κ3) is 41.4. The van der Waals surface area contributed by atoms with E-state index in [-0.39, 0.29) is 31.1 Å². The fourth-order valence-electron chi connectivity index (χ4n) is 6.93. The van der Waals surface area contributed by atoms with E-state index < -0.39 is 6.10 Å². The fraction of sp³-hybridized carbons (Fsp3) is 0.936. The topological polar surface area (TPSA) is 78.9 Å². The lowest BCUT2D eigenvalue weighted by molar-refractivity contribution is -0.167. The minimum absolute atomic E-state index is 0.0653. The van der Waals surface area contributed by atoms with Crippen molar-refractivity contribution in [2.24, 2.45) is 11.8 Å². The summed E-state index contributed by atoms with van der Waals surface area (Å²) in [5.41, 5.74) is 0. The molecule has 0 radical (unpaired) electrons. The molecule has 0 fully saturated rings. The molecule has 0 unspecified atom stereocenters. The van der Waals surface area contributed by atoms with Gasteiger partial charge in [-0.05, 0) is 31.1 Å². The minimum atomic E-state index is -0.759. The number of hydrogen-bond acceptors (Lipinski definition) is 6. The zero-order valence-corrected chi connectivity index (χ0v) is 36.1. The Hall–Kier alpha value is -1.59. The number of rotatable bonds is 41. The second-order valence-electron chi connectivity index (χ2n) is 17.0. The molecule has 0 saturated heterocycles. The molecule has 0 aromatic heterocycles. The smallest absolute Gasteiger partial charge is 0.306 e. The normalized spacial score (nSPS) is 12.1. The summed E-state index contributed by atoms with van der Waals surface area (Å²) < 4.78 is 16.7. The van der Waals surface area contributed by atoms with Crippen LogP contribution in [0, 0.1) is 11.8 Å². The molecule has 0 spiro atoms. The van der Waals surface area contributed by atoms with Crippen LogP contribution in [-0.4, -0.2) is 37.2 Å². The first-order valence-corrected chi connectivity index (χ1v) is 23.2. The molecule has 53 heavy (non-hydrogen) atoms. The summed E-state index contributed by atoms with van der Waals surface area (Å²) in [5, 5.41) is 0. The predicted molar refractivity (Wildman–Crippen MR) is 224 cm³/mol. The monoisotopic (exact) mass is 751 g/mol. The van der Waals surface area contributed by atoms with E-state index in [1.807, 2.05) is 0 Å². The summed E-state index contributed by atoms with van der Waals surface area (Å²) in [4.78, 5) is 37.6. The minimum Gasteiger partial charge on any atom is -0.462 e. The van der Waals surface area contributed by atoms with Crippen LogP contribution in [0.3, 0.4) is 0 Å². The van der Waals surface area contributed by atoms with Crippen molar-refractivity contribution in [1.29, 1.82) is 0 Å². The van der Waals surface area contributed by atoms with E-state index >= 15 is 0 Å². The van der Waals surface area contributed by atoms with Crippen molar-refractivity contribution in [3.05, 3.63) is 0 Å². The second-order valence-corrected chi connectivity index (χ2v) is 17.0. The Balaban J connectivity index is 4.21. The van der Waals surface area contributed by atoms with Crippen LogP contribution in [0.4, 0.5) is 0 Å². The summed E-state index contributed by atoms with van der Waals surface area (Å²) in [6.07, 6.45) is 38.2.